The summed E-state index contributed by atoms with van der Waals surface area (Å²) in [6.45, 7) is 4.84. The molecule has 0 N–H and O–H groups in total. The Morgan fingerprint density at radius 2 is 1.79 bits per heavy atom. The van der Waals surface area contributed by atoms with Crippen LogP contribution in [0.4, 0.5) is 13.2 Å². The Labute approximate surface area is 200 Å². The lowest BCUT2D eigenvalue weighted by atomic mass is 10.1. The van der Waals surface area contributed by atoms with Crippen LogP contribution >= 0.6 is 15.9 Å². The van der Waals surface area contributed by atoms with Gasteiger partial charge in [-0.1, -0.05) is 6.07 Å². The molecule has 3 heterocycles. The lowest BCUT2D eigenvalue weighted by Crippen LogP contribution is -2.42. The average molecular weight is 534 g/mol. The maximum Gasteiger partial charge on any atom is 0.416 e. The van der Waals surface area contributed by atoms with Crippen molar-refractivity contribution in [2.75, 3.05) is 0 Å². The summed E-state index contributed by atoms with van der Waals surface area (Å²) in [5.41, 5.74) is -1.52. The zero-order valence-electron chi connectivity index (χ0n) is 18.3. The monoisotopic (exact) mass is 533 g/mol. The molecule has 0 aliphatic rings. The van der Waals surface area contributed by atoms with Crippen LogP contribution in [0.3, 0.4) is 0 Å². The number of rotatable bonds is 4. The van der Waals surface area contributed by atoms with E-state index in [2.05, 4.69) is 26.0 Å². The molecule has 34 heavy (non-hydrogen) atoms. The summed E-state index contributed by atoms with van der Waals surface area (Å²) in [7, 11) is 0. The molecule has 0 aliphatic heterocycles. The molecule has 4 aromatic rings. The minimum Gasteiger partial charge on any atom is -0.268 e. The first-order valence-electron chi connectivity index (χ1n) is 10.2. The molecule has 0 radical (unpaired) electrons. The van der Waals surface area contributed by atoms with Crippen LogP contribution in [-0.4, -0.2) is 23.9 Å². The van der Waals surface area contributed by atoms with Gasteiger partial charge in [-0.2, -0.15) is 18.3 Å². The summed E-state index contributed by atoms with van der Waals surface area (Å²) >= 11 is 3.32. The van der Waals surface area contributed by atoms with Gasteiger partial charge in [-0.05, 0) is 73.1 Å². The fraction of sp³-hybridized carbons (Fsp3) is 0.217. The van der Waals surface area contributed by atoms with Crippen LogP contribution in [0.2, 0.25) is 0 Å². The molecule has 3 aromatic heterocycles. The van der Waals surface area contributed by atoms with Gasteiger partial charge in [0, 0.05) is 22.4 Å². The van der Waals surface area contributed by atoms with Gasteiger partial charge in [-0.15, -0.1) is 0 Å². The Bertz CT molecular complexity index is 1480. The minimum atomic E-state index is -4.59. The molecule has 11 heteroatoms. The summed E-state index contributed by atoms with van der Waals surface area (Å²) < 4.78 is 44.4. The Balaban J connectivity index is 2.06. The van der Waals surface area contributed by atoms with Crippen LogP contribution < -0.4 is 11.2 Å². The normalized spacial score (nSPS) is 11.9. The highest BCUT2D eigenvalue weighted by atomic mass is 79.9. The number of halogens is 4. The van der Waals surface area contributed by atoms with Gasteiger partial charge in [-0.3, -0.25) is 13.9 Å². The zero-order chi connectivity index (χ0) is 24.8. The summed E-state index contributed by atoms with van der Waals surface area (Å²) in [5, 5.41) is 4.28. The Hall–Kier alpha value is -3.47. The van der Waals surface area contributed by atoms with Crippen LogP contribution in [0.5, 0.6) is 0 Å². The van der Waals surface area contributed by atoms with Crippen molar-refractivity contribution in [2.45, 2.75) is 33.0 Å². The molecule has 0 fully saturated rings. The second-order valence-corrected chi connectivity index (χ2v) is 8.77. The van der Waals surface area contributed by atoms with Gasteiger partial charge >= 0.3 is 11.9 Å². The molecule has 176 valence electrons. The molecule has 0 amide bonds. The molecular weight excluding hydrogens is 515 g/mol. The Kier molecular flexibility index (Phi) is 6.07. The van der Waals surface area contributed by atoms with Gasteiger partial charge in [0.1, 0.15) is 0 Å². The van der Waals surface area contributed by atoms with Crippen molar-refractivity contribution >= 4 is 15.9 Å². The second kappa shape index (κ2) is 8.71. The van der Waals surface area contributed by atoms with Gasteiger partial charge in [0.05, 0.1) is 28.7 Å². The van der Waals surface area contributed by atoms with E-state index < -0.39 is 29.0 Å². The maximum atomic E-state index is 13.5. The number of aromatic nitrogens is 5. The van der Waals surface area contributed by atoms with Gasteiger partial charge in [0.2, 0.25) is 0 Å². The second-order valence-electron chi connectivity index (χ2n) is 7.86. The summed E-state index contributed by atoms with van der Waals surface area (Å²) in [6, 6.07) is 8.95. The number of alkyl halides is 3. The molecule has 0 unspecified atom stereocenters. The molecule has 4 rings (SSSR count). The van der Waals surface area contributed by atoms with Crippen LogP contribution in [0.25, 0.3) is 22.8 Å². The highest BCUT2D eigenvalue weighted by Gasteiger charge is 2.31. The first kappa shape index (κ1) is 23.7. The SMILES string of the molecule is Cc1c(-c2ccnn2-c2ccc(Br)cn2)c(=O)n(C(C)C)c(=O)n1-c1cccc(C(F)(F)F)c1. The largest absolute Gasteiger partial charge is 0.416 e. The quantitative estimate of drug-likeness (QED) is 0.373. The van der Waals surface area contributed by atoms with Crippen LogP contribution in [-0.2, 0) is 6.18 Å². The van der Waals surface area contributed by atoms with E-state index in [1.165, 1.54) is 29.9 Å². The number of hydrogen-bond donors (Lipinski definition) is 0. The number of nitrogens with zero attached hydrogens (tertiary/aromatic N) is 5. The van der Waals surface area contributed by atoms with E-state index in [9.17, 15) is 22.8 Å². The first-order chi connectivity index (χ1) is 16.0. The predicted octanol–water partition coefficient (Wildman–Crippen LogP) is 4.92. The van der Waals surface area contributed by atoms with Crippen LogP contribution in [0, 0.1) is 6.92 Å². The molecule has 0 aliphatic carbocycles. The smallest absolute Gasteiger partial charge is 0.268 e. The zero-order valence-corrected chi connectivity index (χ0v) is 19.9. The van der Waals surface area contributed by atoms with E-state index in [-0.39, 0.29) is 16.9 Å². The van der Waals surface area contributed by atoms with E-state index in [1.54, 1.807) is 38.2 Å². The van der Waals surface area contributed by atoms with Gasteiger partial charge in [0.15, 0.2) is 5.82 Å². The van der Waals surface area contributed by atoms with Crippen molar-refractivity contribution in [2.24, 2.45) is 0 Å². The third-order valence-corrected chi connectivity index (χ3v) is 5.77. The van der Waals surface area contributed by atoms with Crippen LogP contribution in [0.15, 0.2) is 68.9 Å². The standard InChI is InChI=1S/C23H19BrF3N5O2/c1-13(2)30-21(33)20(18-9-10-29-32(18)19-8-7-16(24)12-28-19)14(3)31(22(30)34)17-6-4-5-15(11-17)23(25,26)27/h4-13H,1-3H3. The highest BCUT2D eigenvalue weighted by molar-refractivity contribution is 9.10. The lowest BCUT2D eigenvalue weighted by molar-refractivity contribution is -0.137. The fourth-order valence-corrected chi connectivity index (χ4v) is 4.00. The van der Waals surface area contributed by atoms with Gasteiger partial charge in [-0.25, -0.2) is 14.5 Å². The van der Waals surface area contributed by atoms with Crippen molar-refractivity contribution in [3.05, 3.63) is 91.4 Å². The van der Waals surface area contributed by atoms with Gasteiger partial charge in [0.25, 0.3) is 5.56 Å². The maximum absolute atomic E-state index is 13.5. The summed E-state index contributed by atoms with van der Waals surface area (Å²) in [6.07, 6.45) is -1.53. The molecule has 0 bridgehead atoms. The minimum absolute atomic E-state index is 0.000747. The van der Waals surface area contributed by atoms with Crippen molar-refractivity contribution in [1.82, 2.24) is 23.9 Å². The third-order valence-electron chi connectivity index (χ3n) is 5.30. The third kappa shape index (κ3) is 4.11. The summed E-state index contributed by atoms with van der Waals surface area (Å²) in [4.78, 5) is 31.1. The molecule has 0 saturated carbocycles. The van der Waals surface area contributed by atoms with Crippen molar-refractivity contribution in [3.8, 4) is 22.8 Å². The number of hydrogen-bond acceptors (Lipinski definition) is 4. The first-order valence-corrected chi connectivity index (χ1v) is 11.0. The predicted molar refractivity (Wildman–Crippen MR) is 124 cm³/mol. The Morgan fingerprint density at radius 3 is 2.41 bits per heavy atom. The molecule has 7 nitrogen and oxygen atoms in total. The van der Waals surface area contributed by atoms with Crippen LogP contribution in [0.1, 0.15) is 31.1 Å². The molecule has 0 spiro atoms. The van der Waals surface area contributed by atoms with Crippen molar-refractivity contribution < 1.29 is 13.2 Å². The van der Waals surface area contributed by atoms with E-state index in [1.807, 2.05) is 0 Å². The number of benzene rings is 1. The number of pyridine rings is 1. The van der Waals surface area contributed by atoms with Crippen molar-refractivity contribution in [1.29, 1.82) is 0 Å². The fourth-order valence-electron chi connectivity index (χ4n) is 3.77. The average Bonchev–Trinajstić information content (AvgIpc) is 3.23. The highest BCUT2D eigenvalue weighted by Crippen LogP contribution is 2.31. The molecular formula is C23H19BrF3N5O2. The molecule has 1 aromatic carbocycles. The molecule has 0 saturated heterocycles. The van der Waals surface area contributed by atoms with E-state index in [4.69, 9.17) is 0 Å². The lowest BCUT2D eigenvalue weighted by Gasteiger charge is -2.20. The Morgan fingerprint density at radius 1 is 1.06 bits per heavy atom. The van der Waals surface area contributed by atoms with E-state index in [0.29, 0.717) is 11.5 Å². The topological polar surface area (TPSA) is 74.7 Å². The summed E-state index contributed by atoms with van der Waals surface area (Å²) in [5.74, 6) is 0.426. The van der Waals surface area contributed by atoms with Crippen molar-refractivity contribution in [3.63, 3.8) is 0 Å². The molecule has 0 atom stereocenters. The van der Waals surface area contributed by atoms with Gasteiger partial charge < -0.3 is 0 Å². The van der Waals surface area contributed by atoms with E-state index in [0.717, 1.165) is 25.7 Å². The van der Waals surface area contributed by atoms with E-state index >= 15 is 0 Å².